The Bertz CT molecular complexity index is 1010. The summed E-state index contributed by atoms with van der Waals surface area (Å²) < 4.78 is 78.1. The molecular formula is C19H10ClF6NO2S. The Hall–Kier alpha value is -2.51. The van der Waals surface area contributed by atoms with Crippen LogP contribution in [0.25, 0.3) is 0 Å². The molecular weight excluding hydrogens is 456 g/mol. The highest BCUT2D eigenvalue weighted by Gasteiger charge is 2.39. The van der Waals surface area contributed by atoms with Crippen LogP contribution in [0.15, 0.2) is 41.3 Å². The van der Waals surface area contributed by atoms with Crippen LogP contribution >= 0.6 is 23.4 Å². The molecule has 158 valence electrons. The van der Waals surface area contributed by atoms with Crippen molar-refractivity contribution in [1.82, 2.24) is 0 Å². The number of nitriles is 1. The van der Waals surface area contributed by atoms with E-state index in [9.17, 15) is 41.2 Å². The number of nitrogens with zero attached hydrogens (tertiary/aromatic N) is 1. The number of hydrogen-bond donors (Lipinski definition) is 0. The van der Waals surface area contributed by atoms with E-state index in [-0.39, 0.29) is 28.8 Å². The molecule has 0 bridgehead atoms. The lowest BCUT2D eigenvalue weighted by Gasteiger charge is -2.15. The smallest absolute Gasteiger partial charge is 0.292 e. The summed E-state index contributed by atoms with van der Waals surface area (Å²) in [4.78, 5) is 25.6. The molecule has 0 heterocycles. The summed E-state index contributed by atoms with van der Waals surface area (Å²) in [5.41, 5.74) is -4.59. The third-order valence-electron chi connectivity index (χ3n) is 3.95. The van der Waals surface area contributed by atoms with Gasteiger partial charge in [-0.25, -0.2) is 0 Å². The molecule has 1 atom stereocenters. The maximum Gasteiger partial charge on any atom is 0.416 e. The average molecular weight is 466 g/mol. The second kappa shape index (κ2) is 8.70. The van der Waals surface area contributed by atoms with Crippen molar-refractivity contribution in [1.29, 1.82) is 5.26 Å². The number of carbonyl (C=O) groups excluding carboxylic acids is 2. The lowest BCUT2D eigenvalue weighted by Crippen LogP contribution is -2.24. The third-order valence-corrected chi connectivity index (χ3v) is 4.97. The fourth-order valence-corrected chi connectivity index (χ4v) is 3.39. The molecule has 0 N–H and O–H groups in total. The maximum atomic E-state index is 13.0. The third kappa shape index (κ3) is 5.15. The van der Waals surface area contributed by atoms with E-state index in [0.29, 0.717) is 4.90 Å². The fourth-order valence-electron chi connectivity index (χ4n) is 2.52. The van der Waals surface area contributed by atoms with Gasteiger partial charge >= 0.3 is 12.4 Å². The minimum Gasteiger partial charge on any atom is -0.292 e. The van der Waals surface area contributed by atoms with Crippen LogP contribution in [0.1, 0.15) is 31.8 Å². The van der Waals surface area contributed by atoms with Crippen LogP contribution in [-0.4, -0.2) is 17.8 Å². The van der Waals surface area contributed by atoms with Crippen molar-refractivity contribution in [2.24, 2.45) is 5.92 Å². The van der Waals surface area contributed by atoms with E-state index >= 15 is 0 Å². The van der Waals surface area contributed by atoms with Crippen molar-refractivity contribution < 1.29 is 35.9 Å². The second-order valence-corrected chi connectivity index (χ2v) is 7.21. The van der Waals surface area contributed by atoms with Gasteiger partial charge in [0.2, 0.25) is 0 Å². The quantitative estimate of drug-likeness (QED) is 0.225. The number of benzene rings is 2. The van der Waals surface area contributed by atoms with Gasteiger partial charge in [0.05, 0.1) is 17.2 Å². The Labute approximate surface area is 175 Å². The molecule has 1 unspecified atom stereocenters. The number of halogens is 7. The summed E-state index contributed by atoms with van der Waals surface area (Å²) in [6.45, 7) is 0. The molecule has 0 amide bonds. The van der Waals surface area contributed by atoms with Gasteiger partial charge in [0.15, 0.2) is 17.5 Å². The molecule has 0 fully saturated rings. The summed E-state index contributed by atoms with van der Waals surface area (Å²) in [5, 5.41) is 9.55. The number of thioether (sulfide) groups is 1. The fraction of sp³-hybridized carbons (Fsp3) is 0.211. The van der Waals surface area contributed by atoms with Gasteiger partial charge in [-0.2, -0.15) is 31.6 Å². The maximum absolute atomic E-state index is 13.0. The lowest BCUT2D eigenvalue weighted by molar-refractivity contribution is -0.143. The zero-order valence-corrected chi connectivity index (χ0v) is 16.4. The summed E-state index contributed by atoms with van der Waals surface area (Å²) >= 11 is 6.88. The largest absolute Gasteiger partial charge is 0.416 e. The molecule has 2 rings (SSSR count). The summed E-state index contributed by atoms with van der Waals surface area (Å²) in [6.07, 6.45) is -8.77. The number of rotatable bonds is 5. The standard InChI is InChI=1S/C19H10ClF6NO2S/c1-30-15-7-12(20)2-3-13(15)17(29)14(8-27)16(28)9-4-10(18(21,22)23)6-11(5-9)19(24,25)26/h2-7,14H,1H3. The number of alkyl halides is 6. The number of carbonyl (C=O) groups is 2. The average Bonchev–Trinajstić information content (AvgIpc) is 2.66. The van der Waals surface area contributed by atoms with E-state index in [4.69, 9.17) is 11.6 Å². The Morgan fingerprint density at radius 2 is 1.50 bits per heavy atom. The molecule has 3 nitrogen and oxygen atoms in total. The molecule has 0 saturated carbocycles. The predicted molar refractivity (Wildman–Crippen MR) is 97.4 cm³/mol. The van der Waals surface area contributed by atoms with Crippen LogP contribution in [0, 0.1) is 17.2 Å². The Morgan fingerprint density at radius 1 is 0.967 bits per heavy atom. The molecule has 0 aliphatic rings. The van der Waals surface area contributed by atoms with Crippen LogP contribution in [0.4, 0.5) is 26.3 Å². The van der Waals surface area contributed by atoms with E-state index in [1.54, 1.807) is 6.26 Å². The summed E-state index contributed by atoms with van der Waals surface area (Å²) in [6, 6.07) is 5.51. The van der Waals surface area contributed by atoms with Gasteiger partial charge < -0.3 is 0 Å². The van der Waals surface area contributed by atoms with Gasteiger partial charge in [-0.1, -0.05) is 11.6 Å². The van der Waals surface area contributed by atoms with E-state index in [0.717, 1.165) is 11.8 Å². The van der Waals surface area contributed by atoms with Gasteiger partial charge in [-0.3, -0.25) is 9.59 Å². The normalized spacial score (nSPS) is 12.9. The van der Waals surface area contributed by atoms with Gasteiger partial charge in [0.1, 0.15) is 0 Å². The zero-order chi connectivity index (χ0) is 22.9. The predicted octanol–water partition coefficient (Wildman–Crippen LogP) is 6.30. The van der Waals surface area contributed by atoms with Crippen LogP contribution in [0.3, 0.4) is 0 Å². The molecule has 0 aliphatic carbocycles. The molecule has 0 aliphatic heterocycles. The number of Topliss-reactive ketones (excluding diaryl/α,β-unsaturated/α-hetero) is 2. The topological polar surface area (TPSA) is 57.9 Å². The molecule has 0 radical (unpaired) electrons. The minimum atomic E-state index is -5.18. The van der Waals surface area contributed by atoms with Gasteiger partial charge in [-0.15, -0.1) is 11.8 Å². The van der Waals surface area contributed by atoms with Crippen molar-refractivity contribution in [3.8, 4) is 6.07 Å². The Kier molecular flexibility index (Phi) is 6.89. The van der Waals surface area contributed by atoms with Crippen molar-refractivity contribution in [2.75, 3.05) is 6.26 Å². The highest BCUT2D eigenvalue weighted by molar-refractivity contribution is 7.98. The SMILES string of the molecule is CSc1cc(Cl)ccc1C(=O)C(C#N)C(=O)c1cc(C(F)(F)F)cc(C(F)(F)F)c1. The zero-order valence-electron chi connectivity index (χ0n) is 14.9. The first-order valence-electron chi connectivity index (χ1n) is 7.90. The van der Waals surface area contributed by atoms with E-state index < -0.39 is 46.5 Å². The van der Waals surface area contributed by atoms with Gasteiger partial charge in [-0.05, 0) is 42.7 Å². The van der Waals surface area contributed by atoms with E-state index in [2.05, 4.69) is 0 Å². The van der Waals surface area contributed by atoms with Gasteiger partial charge in [0.25, 0.3) is 0 Å². The van der Waals surface area contributed by atoms with Gasteiger partial charge in [0, 0.05) is 21.0 Å². The second-order valence-electron chi connectivity index (χ2n) is 5.93. The van der Waals surface area contributed by atoms with Crippen LogP contribution in [-0.2, 0) is 12.4 Å². The van der Waals surface area contributed by atoms with Crippen LogP contribution in [0.5, 0.6) is 0 Å². The molecule has 30 heavy (non-hydrogen) atoms. The first-order chi connectivity index (χ1) is 13.8. The molecule has 2 aromatic rings. The highest BCUT2D eigenvalue weighted by atomic mass is 35.5. The van der Waals surface area contributed by atoms with Crippen molar-refractivity contribution in [3.05, 3.63) is 63.7 Å². The van der Waals surface area contributed by atoms with Crippen LogP contribution in [0.2, 0.25) is 5.02 Å². The number of ketones is 2. The summed E-state index contributed by atoms with van der Waals surface area (Å²) in [7, 11) is 0. The number of hydrogen-bond acceptors (Lipinski definition) is 4. The lowest BCUT2D eigenvalue weighted by atomic mass is 9.89. The Morgan fingerprint density at radius 3 is 1.93 bits per heavy atom. The van der Waals surface area contributed by atoms with Crippen molar-refractivity contribution in [3.63, 3.8) is 0 Å². The molecule has 11 heteroatoms. The van der Waals surface area contributed by atoms with E-state index in [1.165, 1.54) is 24.3 Å². The molecule has 0 saturated heterocycles. The molecule has 0 spiro atoms. The Balaban J connectivity index is 2.57. The van der Waals surface area contributed by atoms with Crippen molar-refractivity contribution in [2.45, 2.75) is 17.2 Å². The minimum absolute atomic E-state index is 0.102. The molecule has 2 aromatic carbocycles. The highest BCUT2D eigenvalue weighted by Crippen LogP contribution is 2.37. The monoisotopic (exact) mass is 465 g/mol. The van der Waals surface area contributed by atoms with Crippen molar-refractivity contribution >= 4 is 34.9 Å². The molecule has 0 aromatic heterocycles. The first-order valence-corrected chi connectivity index (χ1v) is 9.51. The summed E-state index contributed by atoms with van der Waals surface area (Å²) in [5.74, 6) is -4.67. The van der Waals surface area contributed by atoms with E-state index in [1.807, 2.05) is 0 Å². The van der Waals surface area contributed by atoms with Crippen LogP contribution < -0.4 is 0 Å². The first kappa shape index (κ1) is 23.8.